The van der Waals surface area contributed by atoms with Crippen LogP contribution >= 0.6 is 27.3 Å². The molecule has 82 valence electrons. The standard InChI is InChI=1S/C10H12BrNO2S/c1-10(14)2-3-12(6-10)9(13)7-4-8(11)15-5-7/h4-5,14H,2-3,6H2,1H3. The molecule has 1 amide bonds. The monoisotopic (exact) mass is 289 g/mol. The number of rotatable bonds is 1. The lowest BCUT2D eigenvalue weighted by atomic mass is 10.1. The molecule has 2 rings (SSSR count). The lowest BCUT2D eigenvalue weighted by Gasteiger charge is -2.18. The van der Waals surface area contributed by atoms with Gasteiger partial charge in [0.1, 0.15) is 0 Å². The third-order valence-corrected chi connectivity index (χ3v) is 4.06. The van der Waals surface area contributed by atoms with Crippen molar-refractivity contribution in [1.82, 2.24) is 4.90 Å². The van der Waals surface area contributed by atoms with Gasteiger partial charge in [0.2, 0.25) is 0 Å². The molecule has 5 heteroatoms. The molecule has 1 fully saturated rings. The highest BCUT2D eigenvalue weighted by Gasteiger charge is 2.34. The first-order valence-electron chi connectivity index (χ1n) is 4.74. The van der Waals surface area contributed by atoms with Crippen LogP contribution < -0.4 is 0 Å². The minimum absolute atomic E-state index is 0.00900. The number of hydrogen-bond acceptors (Lipinski definition) is 3. The third kappa shape index (κ3) is 2.41. The van der Waals surface area contributed by atoms with Gasteiger partial charge < -0.3 is 10.0 Å². The van der Waals surface area contributed by atoms with E-state index in [0.29, 0.717) is 25.1 Å². The fraction of sp³-hybridized carbons (Fsp3) is 0.500. The first-order valence-corrected chi connectivity index (χ1v) is 6.41. The Morgan fingerprint density at radius 2 is 2.47 bits per heavy atom. The van der Waals surface area contributed by atoms with Crippen molar-refractivity contribution >= 4 is 33.2 Å². The van der Waals surface area contributed by atoms with Gasteiger partial charge in [0.15, 0.2) is 0 Å². The van der Waals surface area contributed by atoms with Crippen LogP contribution in [0.4, 0.5) is 0 Å². The number of thiophene rings is 1. The highest BCUT2D eigenvalue weighted by molar-refractivity contribution is 9.11. The number of likely N-dealkylation sites (tertiary alicyclic amines) is 1. The maximum absolute atomic E-state index is 11.9. The maximum atomic E-state index is 11.9. The van der Waals surface area contributed by atoms with Gasteiger partial charge in [-0.2, -0.15) is 0 Å². The normalized spacial score (nSPS) is 25.9. The van der Waals surface area contributed by atoms with Crippen LogP contribution in [0.5, 0.6) is 0 Å². The van der Waals surface area contributed by atoms with Crippen LogP contribution in [-0.2, 0) is 0 Å². The average molecular weight is 290 g/mol. The molecule has 0 bridgehead atoms. The molecule has 0 spiro atoms. The van der Waals surface area contributed by atoms with Crippen molar-refractivity contribution in [2.24, 2.45) is 0 Å². The maximum Gasteiger partial charge on any atom is 0.254 e. The summed E-state index contributed by atoms with van der Waals surface area (Å²) in [6.45, 7) is 2.84. The lowest BCUT2D eigenvalue weighted by Crippen LogP contribution is -2.33. The summed E-state index contributed by atoms with van der Waals surface area (Å²) in [6, 6.07) is 1.82. The van der Waals surface area contributed by atoms with E-state index in [4.69, 9.17) is 0 Å². The summed E-state index contributed by atoms with van der Waals surface area (Å²) in [7, 11) is 0. The summed E-state index contributed by atoms with van der Waals surface area (Å²) in [5.41, 5.74) is -0.0207. The van der Waals surface area contributed by atoms with Crippen LogP contribution in [0.1, 0.15) is 23.7 Å². The molecule has 3 nitrogen and oxygen atoms in total. The van der Waals surface area contributed by atoms with E-state index in [0.717, 1.165) is 3.79 Å². The Kier molecular flexibility index (Phi) is 2.87. The topological polar surface area (TPSA) is 40.5 Å². The highest BCUT2D eigenvalue weighted by Crippen LogP contribution is 2.25. The number of hydrogen-bond donors (Lipinski definition) is 1. The van der Waals surface area contributed by atoms with Crippen molar-refractivity contribution in [3.05, 3.63) is 20.8 Å². The molecule has 0 aliphatic carbocycles. The molecule has 0 radical (unpaired) electrons. The van der Waals surface area contributed by atoms with Gasteiger partial charge in [-0.3, -0.25) is 4.79 Å². The zero-order valence-corrected chi connectivity index (χ0v) is 10.8. The molecule has 1 aromatic heterocycles. The number of aliphatic hydroxyl groups is 1. The van der Waals surface area contributed by atoms with Gasteiger partial charge in [-0.25, -0.2) is 0 Å². The molecule has 1 atom stereocenters. The number of β-amino-alcohol motifs (C(OH)–C–C–N with tert-alkyl or cyclic N) is 1. The van der Waals surface area contributed by atoms with Gasteiger partial charge in [-0.15, -0.1) is 11.3 Å². The molecule has 1 saturated heterocycles. The second-order valence-electron chi connectivity index (χ2n) is 4.11. The zero-order valence-electron chi connectivity index (χ0n) is 8.36. The summed E-state index contributed by atoms with van der Waals surface area (Å²) in [6.07, 6.45) is 0.657. The summed E-state index contributed by atoms with van der Waals surface area (Å²) in [5.74, 6) is 0.00900. The van der Waals surface area contributed by atoms with Crippen LogP contribution in [0.2, 0.25) is 0 Å². The van der Waals surface area contributed by atoms with Gasteiger partial charge in [0, 0.05) is 18.5 Å². The third-order valence-electron chi connectivity index (χ3n) is 2.55. The van der Waals surface area contributed by atoms with E-state index in [9.17, 15) is 9.90 Å². The lowest BCUT2D eigenvalue weighted by molar-refractivity contribution is 0.0572. The Balaban J connectivity index is 2.10. The first-order chi connectivity index (χ1) is 6.98. The Morgan fingerprint density at radius 3 is 2.93 bits per heavy atom. The quantitative estimate of drug-likeness (QED) is 0.860. The molecular weight excluding hydrogens is 278 g/mol. The van der Waals surface area contributed by atoms with Crippen molar-refractivity contribution in [3.8, 4) is 0 Å². The molecule has 0 aromatic carbocycles. The number of halogens is 1. The second kappa shape index (κ2) is 3.88. The molecule has 1 aliphatic rings. The fourth-order valence-corrected chi connectivity index (χ4v) is 2.85. The summed E-state index contributed by atoms with van der Waals surface area (Å²) < 4.78 is 0.955. The number of nitrogens with zero attached hydrogens (tertiary/aromatic N) is 1. The largest absolute Gasteiger partial charge is 0.388 e. The Labute approximate surface area is 101 Å². The molecule has 1 aliphatic heterocycles. The van der Waals surface area contributed by atoms with Gasteiger partial charge in [-0.1, -0.05) is 0 Å². The van der Waals surface area contributed by atoms with Crippen LogP contribution in [0.15, 0.2) is 15.2 Å². The highest BCUT2D eigenvalue weighted by atomic mass is 79.9. The van der Waals surface area contributed by atoms with Crippen LogP contribution in [0.3, 0.4) is 0 Å². The van der Waals surface area contributed by atoms with Gasteiger partial charge >= 0.3 is 0 Å². The Hall–Kier alpha value is -0.390. The predicted molar refractivity (Wildman–Crippen MR) is 63.2 cm³/mol. The molecule has 1 unspecified atom stereocenters. The van der Waals surface area contributed by atoms with E-state index in [1.807, 2.05) is 11.4 Å². The predicted octanol–water partition coefficient (Wildman–Crippen LogP) is 2.11. The van der Waals surface area contributed by atoms with Crippen molar-refractivity contribution in [1.29, 1.82) is 0 Å². The fourth-order valence-electron chi connectivity index (χ4n) is 1.72. The van der Waals surface area contributed by atoms with Gasteiger partial charge in [0.05, 0.1) is 15.0 Å². The minimum atomic E-state index is -0.719. The van der Waals surface area contributed by atoms with E-state index in [1.165, 1.54) is 11.3 Å². The van der Waals surface area contributed by atoms with Crippen molar-refractivity contribution in [2.75, 3.05) is 13.1 Å². The second-order valence-corrected chi connectivity index (χ2v) is 6.40. The first kappa shape index (κ1) is 11.1. The molecule has 2 heterocycles. The van der Waals surface area contributed by atoms with Gasteiger partial charge in [0.25, 0.3) is 5.91 Å². The van der Waals surface area contributed by atoms with Crippen LogP contribution in [0.25, 0.3) is 0 Å². The van der Waals surface area contributed by atoms with E-state index in [1.54, 1.807) is 11.8 Å². The number of amides is 1. The zero-order chi connectivity index (χ0) is 11.1. The van der Waals surface area contributed by atoms with Crippen molar-refractivity contribution in [2.45, 2.75) is 18.9 Å². The van der Waals surface area contributed by atoms with Crippen LogP contribution in [0, 0.1) is 0 Å². The van der Waals surface area contributed by atoms with E-state index in [-0.39, 0.29) is 5.91 Å². The summed E-state index contributed by atoms with van der Waals surface area (Å²) in [4.78, 5) is 13.7. The SMILES string of the molecule is CC1(O)CCN(C(=O)c2csc(Br)c2)C1. The Bertz CT molecular complexity index is 389. The van der Waals surface area contributed by atoms with Crippen molar-refractivity contribution < 1.29 is 9.90 Å². The molecule has 0 saturated carbocycles. The number of carbonyl (C=O) groups excluding carboxylic acids is 1. The molecule has 15 heavy (non-hydrogen) atoms. The summed E-state index contributed by atoms with van der Waals surface area (Å²) in [5, 5.41) is 11.6. The smallest absolute Gasteiger partial charge is 0.254 e. The van der Waals surface area contributed by atoms with E-state index >= 15 is 0 Å². The average Bonchev–Trinajstić information content (AvgIpc) is 2.71. The minimum Gasteiger partial charge on any atom is -0.388 e. The number of carbonyl (C=O) groups is 1. The Morgan fingerprint density at radius 1 is 1.73 bits per heavy atom. The van der Waals surface area contributed by atoms with Crippen LogP contribution in [-0.4, -0.2) is 34.6 Å². The molecule has 1 N–H and O–H groups in total. The van der Waals surface area contributed by atoms with E-state index < -0.39 is 5.60 Å². The van der Waals surface area contributed by atoms with E-state index in [2.05, 4.69) is 15.9 Å². The van der Waals surface area contributed by atoms with Gasteiger partial charge in [-0.05, 0) is 35.3 Å². The molecular formula is C10H12BrNO2S. The summed E-state index contributed by atoms with van der Waals surface area (Å²) >= 11 is 4.83. The van der Waals surface area contributed by atoms with Crippen molar-refractivity contribution in [3.63, 3.8) is 0 Å². The molecule has 1 aromatic rings.